The molecular weight excluding hydrogens is 340 g/mol. The number of imide groups is 1. The quantitative estimate of drug-likeness (QED) is 0.514. The summed E-state index contributed by atoms with van der Waals surface area (Å²) in [6, 6.07) is 5.23. The predicted molar refractivity (Wildman–Crippen MR) is 93.0 cm³/mol. The van der Waals surface area contributed by atoms with Crippen molar-refractivity contribution in [1.82, 2.24) is 9.88 Å². The van der Waals surface area contributed by atoms with Gasteiger partial charge in [0.2, 0.25) is 5.91 Å². The maximum Gasteiger partial charge on any atom is 0.416 e. The van der Waals surface area contributed by atoms with Crippen LogP contribution in [0.15, 0.2) is 24.4 Å². The minimum absolute atomic E-state index is 0.0158. The second-order valence-electron chi connectivity index (χ2n) is 6.54. The number of ether oxygens (including phenoxy) is 3. The van der Waals surface area contributed by atoms with Gasteiger partial charge in [-0.15, -0.1) is 0 Å². The number of esters is 1. The third-order valence-corrected chi connectivity index (χ3v) is 3.17. The fourth-order valence-electron chi connectivity index (χ4n) is 1.74. The smallest absolute Gasteiger partial charge is 0.416 e. The molecule has 0 saturated heterocycles. The third kappa shape index (κ3) is 8.06. The van der Waals surface area contributed by atoms with Crippen LogP contribution in [0.3, 0.4) is 0 Å². The molecule has 0 aliphatic carbocycles. The Balaban J connectivity index is 2.25. The summed E-state index contributed by atoms with van der Waals surface area (Å²) in [5, 5.41) is 0. The van der Waals surface area contributed by atoms with E-state index in [2.05, 4.69) is 4.98 Å². The molecule has 0 aliphatic heterocycles. The molecule has 0 aliphatic rings. The number of aromatic nitrogens is 1. The van der Waals surface area contributed by atoms with E-state index in [1.807, 2.05) is 0 Å². The maximum atomic E-state index is 12.0. The topological polar surface area (TPSA) is 95.0 Å². The van der Waals surface area contributed by atoms with Crippen LogP contribution in [0.5, 0.6) is 0 Å². The van der Waals surface area contributed by atoms with Crippen molar-refractivity contribution in [3.63, 3.8) is 0 Å². The Labute approximate surface area is 153 Å². The molecule has 0 bridgehead atoms. The molecular formula is C18H26N2O6. The van der Waals surface area contributed by atoms with Gasteiger partial charge in [0.1, 0.15) is 13.2 Å². The molecule has 1 rings (SSSR count). The van der Waals surface area contributed by atoms with E-state index < -0.39 is 17.4 Å². The van der Waals surface area contributed by atoms with Gasteiger partial charge in [-0.3, -0.25) is 14.6 Å². The Morgan fingerprint density at radius 2 is 1.69 bits per heavy atom. The molecule has 0 saturated carbocycles. The van der Waals surface area contributed by atoms with E-state index in [4.69, 9.17) is 14.2 Å². The minimum atomic E-state index is -0.758. The molecule has 1 aromatic heterocycles. The SMILES string of the molecule is CC(=O)N(Cc1ccccn1)C(=O)OCCOCCOC(=O)C(C)(C)C. The predicted octanol–water partition coefficient (Wildman–Crippen LogP) is 2.17. The minimum Gasteiger partial charge on any atom is -0.463 e. The van der Waals surface area contributed by atoms with Crippen molar-refractivity contribution in [2.24, 2.45) is 5.41 Å². The number of amides is 2. The van der Waals surface area contributed by atoms with Crippen LogP contribution < -0.4 is 0 Å². The monoisotopic (exact) mass is 366 g/mol. The second kappa shape index (κ2) is 10.5. The first-order valence-corrected chi connectivity index (χ1v) is 8.31. The molecule has 0 radical (unpaired) electrons. The van der Waals surface area contributed by atoms with E-state index in [-0.39, 0.29) is 38.9 Å². The van der Waals surface area contributed by atoms with Crippen molar-refractivity contribution < 1.29 is 28.6 Å². The van der Waals surface area contributed by atoms with Gasteiger partial charge in [0, 0.05) is 13.1 Å². The van der Waals surface area contributed by atoms with Gasteiger partial charge in [0.05, 0.1) is 30.9 Å². The standard InChI is InChI=1S/C18H26N2O6/c1-14(21)20(13-15-7-5-6-8-19-15)17(23)26-12-10-24-9-11-25-16(22)18(2,3)4/h5-8H,9-13H2,1-4H3. The van der Waals surface area contributed by atoms with Crippen LogP contribution in [0.1, 0.15) is 33.4 Å². The lowest BCUT2D eigenvalue weighted by Crippen LogP contribution is -2.36. The first-order valence-electron chi connectivity index (χ1n) is 8.31. The fraction of sp³-hybridized carbons (Fsp3) is 0.556. The zero-order chi connectivity index (χ0) is 19.6. The number of carbonyl (C=O) groups is 3. The van der Waals surface area contributed by atoms with Gasteiger partial charge in [-0.1, -0.05) is 6.07 Å². The van der Waals surface area contributed by atoms with Crippen LogP contribution in [0.25, 0.3) is 0 Å². The van der Waals surface area contributed by atoms with Crippen LogP contribution in [-0.2, 0) is 30.3 Å². The van der Waals surface area contributed by atoms with Crippen LogP contribution in [-0.4, -0.2) is 54.3 Å². The summed E-state index contributed by atoms with van der Waals surface area (Å²) in [5.74, 6) is -0.741. The molecule has 1 heterocycles. The van der Waals surface area contributed by atoms with Gasteiger partial charge in [-0.05, 0) is 32.9 Å². The van der Waals surface area contributed by atoms with Gasteiger partial charge in [-0.2, -0.15) is 0 Å². The normalized spacial score (nSPS) is 10.9. The average Bonchev–Trinajstić information content (AvgIpc) is 2.58. The number of carbonyl (C=O) groups excluding carboxylic acids is 3. The highest BCUT2D eigenvalue weighted by Gasteiger charge is 2.23. The summed E-state index contributed by atoms with van der Waals surface area (Å²) in [7, 11) is 0. The molecule has 2 amide bonds. The molecule has 0 N–H and O–H groups in total. The number of pyridine rings is 1. The summed E-state index contributed by atoms with van der Waals surface area (Å²) in [4.78, 5) is 40.2. The summed E-state index contributed by atoms with van der Waals surface area (Å²) < 4.78 is 15.3. The van der Waals surface area contributed by atoms with E-state index in [0.29, 0.717) is 5.69 Å². The van der Waals surface area contributed by atoms with Gasteiger partial charge in [0.15, 0.2) is 0 Å². The molecule has 0 unspecified atom stereocenters. The first-order chi connectivity index (χ1) is 12.2. The van der Waals surface area contributed by atoms with E-state index in [1.54, 1.807) is 45.2 Å². The highest BCUT2D eigenvalue weighted by Crippen LogP contribution is 2.14. The summed E-state index contributed by atoms with van der Waals surface area (Å²) in [6.45, 7) is 7.06. The lowest BCUT2D eigenvalue weighted by Gasteiger charge is -2.18. The molecule has 0 spiro atoms. The Morgan fingerprint density at radius 1 is 1.04 bits per heavy atom. The third-order valence-electron chi connectivity index (χ3n) is 3.17. The number of nitrogens with zero attached hydrogens (tertiary/aromatic N) is 2. The second-order valence-corrected chi connectivity index (χ2v) is 6.54. The Kier molecular flexibility index (Phi) is 8.71. The number of rotatable bonds is 8. The van der Waals surface area contributed by atoms with Gasteiger partial charge in [0.25, 0.3) is 0 Å². The van der Waals surface area contributed by atoms with E-state index >= 15 is 0 Å². The molecule has 0 aromatic carbocycles. The van der Waals surface area contributed by atoms with E-state index in [9.17, 15) is 14.4 Å². The summed E-state index contributed by atoms with van der Waals surface area (Å²) in [5.41, 5.74) is 0.0239. The van der Waals surface area contributed by atoms with Gasteiger partial charge >= 0.3 is 12.1 Å². The lowest BCUT2D eigenvalue weighted by molar-refractivity contribution is -0.154. The molecule has 1 aromatic rings. The highest BCUT2D eigenvalue weighted by molar-refractivity contribution is 5.90. The Bertz CT molecular complexity index is 597. The molecule has 144 valence electrons. The Morgan fingerprint density at radius 3 is 2.23 bits per heavy atom. The fourth-order valence-corrected chi connectivity index (χ4v) is 1.74. The van der Waals surface area contributed by atoms with E-state index in [0.717, 1.165) is 4.90 Å². The number of hydrogen-bond acceptors (Lipinski definition) is 7. The van der Waals surface area contributed by atoms with Gasteiger partial charge < -0.3 is 14.2 Å². The van der Waals surface area contributed by atoms with Crippen molar-refractivity contribution in [3.05, 3.63) is 30.1 Å². The Hall–Kier alpha value is -2.48. The first kappa shape index (κ1) is 21.6. The highest BCUT2D eigenvalue weighted by atomic mass is 16.6. The molecule has 8 nitrogen and oxygen atoms in total. The van der Waals surface area contributed by atoms with Crippen molar-refractivity contribution in [3.8, 4) is 0 Å². The molecule has 8 heteroatoms. The van der Waals surface area contributed by atoms with Crippen LogP contribution in [0.4, 0.5) is 4.79 Å². The summed E-state index contributed by atoms with van der Waals surface area (Å²) >= 11 is 0. The molecule has 0 fully saturated rings. The van der Waals surface area contributed by atoms with Crippen molar-refractivity contribution in [2.45, 2.75) is 34.2 Å². The van der Waals surface area contributed by atoms with Crippen molar-refractivity contribution >= 4 is 18.0 Å². The zero-order valence-corrected chi connectivity index (χ0v) is 15.7. The van der Waals surface area contributed by atoms with Crippen LogP contribution >= 0.6 is 0 Å². The van der Waals surface area contributed by atoms with Crippen LogP contribution in [0.2, 0.25) is 0 Å². The molecule has 0 atom stereocenters. The lowest BCUT2D eigenvalue weighted by atomic mass is 9.97. The van der Waals surface area contributed by atoms with Crippen LogP contribution in [0, 0.1) is 5.41 Å². The van der Waals surface area contributed by atoms with E-state index in [1.165, 1.54) is 6.92 Å². The van der Waals surface area contributed by atoms with Gasteiger partial charge in [-0.25, -0.2) is 9.69 Å². The van der Waals surface area contributed by atoms with Crippen molar-refractivity contribution in [1.29, 1.82) is 0 Å². The largest absolute Gasteiger partial charge is 0.463 e. The number of hydrogen-bond donors (Lipinski definition) is 0. The molecule has 26 heavy (non-hydrogen) atoms. The summed E-state index contributed by atoms with van der Waals surface area (Å²) in [6.07, 6.45) is 0.824. The maximum absolute atomic E-state index is 12.0. The zero-order valence-electron chi connectivity index (χ0n) is 15.7. The van der Waals surface area contributed by atoms with Crippen molar-refractivity contribution in [2.75, 3.05) is 26.4 Å². The average molecular weight is 366 g/mol.